The second kappa shape index (κ2) is 10.4. The van der Waals surface area contributed by atoms with Crippen LogP contribution in [-0.2, 0) is 14.6 Å². The molecule has 0 fully saturated rings. The number of ether oxygens (including phenoxy) is 1. The van der Waals surface area contributed by atoms with E-state index in [0.717, 1.165) is 12.7 Å². The first-order valence-electron chi connectivity index (χ1n) is 10.2. The molecule has 168 valence electrons. The van der Waals surface area contributed by atoms with Crippen LogP contribution in [0.3, 0.4) is 0 Å². The Morgan fingerprint density at radius 2 is 1.61 bits per heavy atom. The minimum absolute atomic E-state index is 0.147. The smallest absolute Gasteiger partial charge is 0.251 e. The maximum atomic E-state index is 12.3. The molecule has 7 nitrogen and oxygen atoms in total. The summed E-state index contributed by atoms with van der Waals surface area (Å²) in [6.07, 6.45) is 2.75. The quantitative estimate of drug-likeness (QED) is 0.541. The van der Waals surface area contributed by atoms with Gasteiger partial charge in [-0.3, -0.25) is 9.59 Å². The normalized spacial score (nSPS) is 11.6. The van der Waals surface area contributed by atoms with E-state index in [1.807, 2.05) is 20.8 Å². The van der Waals surface area contributed by atoms with E-state index in [1.54, 1.807) is 36.4 Å². The lowest BCUT2D eigenvalue weighted by Gasteiger charge is -2.24. The fourth-order valence-corrected chi connectivity index (χ4v) is 3.23. The van der Waals surface area contributed by atoms with Gasteiger partial charge in [-0.1, -0.05) is 6.92 Å². The Kier molecular flexibility index (Phi) is 8.21. The van der Waals surface area contributed by atoms with E-state index in [1.165, 1.54) is 12.1 Å². The van der Waals surface area contributed by atoms with Gasteiger partial charge in [-0.25, -0.2) is 8.42 Å². The number of nitrogens with one attached hydrogen (secondary N) is 2. The number of rotatable bonds is 10. The van der Waals surface area contributed by atoms with Crippen LogP contribution in [0.15, 0.2) is 53.4 Å². The number of benzene rings is 2. The number of carbonyl (C=O) groups is 2. The van der Waals surface area contributed by atoms with E-state index in [4.69, 9.17) is 4.74 Å². The maximum absolute atomic E-state index is 12.3. The zero-order chi connectivity index (χ0) is 23.1. The molecule has 0 aliphatic rings. The van der Waals surface area contributed by atoms with E-state index in [-0.39, 0.29) is 28.7 Å². The number of amides is 2. The minimum atomic E-state index is -3.23. The lowest BCUT2D eigenvalue weighted by atomic mass is 10.0. The molecule has 2 amide bonds. The van der Waals surface area contributed by atoms with Gasteiger partial charge in [-0.05, 0) is 75.2 Å². The molecule has 0 spiro atoms. The Hall–Kier alpha value is -2.87. The van der Waals surface area contributed by atoms with Crippen LogP contribution in [0.4, 0.5) is 5.69 Å². The molecule has 2 N–H and O–H groups in total. The van der Waals surface area contributed by atoms with Crippen LogP contribution < -0.4 is 15.4 Å². The summed E-state index contributed by atoms with van der Waals surface area (Å²) in [7, 11) is -3.23. The molecule has 0 aliphatic carbocycles. The summed E-state index contributed by atoms with van der Waals surface area (Å²) in [6.45, 7) is 6.28. The highest BCUT2D eigenvalue weighted by Gasteiger charge is 2.18. The van der Waals surface area contributed by atoms with Crippen molar-refractivity contribution < 1.29 is 22.7 Å². The average Bonchev–Trinajstić information content (AvgIpc) is 2.71. The summed E-state index contributed by atoms with van der Waals surface area (Å²) in [5.74, 6) is 0.250. The van der Waals surface area contributed by atoms with Crippen LogP contribution in [0, 0.1) is 0 Å². The Bertz CT molecular complexity index is 997. The fraction of sp³-hybridized carbons (Fsp3) is 0.391. The molecule has 0 heterocycles. The molecule has 31 heavy (non-hydrogen) atoms. The van der Waals surface area contributed by atoms with E-state index in [9.17, 15) is 18.0 Å². The third kappa shape index (κ3) is 8.05. The van der Waals surface area contributed by atoms with Crippen LogP contribution >= 0.6 is 0 Å². The van der Waals surface area contributed by atoms with Crippen molar-refractivity contribution in [3.63, 3.8) is 0 Å². The summed E-state index contributed by atoms with van der Waals surface area (Å²) in [5, 5.41) is 5.77. The van der Waals surface area contributed by atoms with Gasteiger partial charge in [-0.15, -0.1) is 0 Å². The molecule has 0 atom stereocenters. The summed E-state index contributed by atoms with van der Waals surface area (Å²) < 4.78 is 28.4. The maximum Gasteiger partial charge on any atom is 0.251 e. The average molecular weight is 447 g/mol. The van der Waals surface area contributed by atoms with Crippen LogP contribution in [0.25, 0.3) is 0 Å². The van der Waals surface area contributed by atoms with Crippen LogP contribution in [0.5, 0.6) is 5.75 Å². The van der Waals surface area contributed by atoms with Crippen molar-refractivity contribution >= 4 is 27.3 Å². The van der Waals surface area contributed by atoms with Crippen LogP contribution in [0.1, 0.15) is 50.4 Å². The van der Waals surface area contributed by atoms with Crippen molar-refractivity contribution in [1.82, 2.24) is 5.32 Å². The Morgan fingerprint density at radius 1 is 1.00 bits per heavy atom. The highest BCUT2D eigenvalue weighted by atomic mass is 32.2. The number of carbonyl (C=O) groups excluding carboxylic acids is 2. The lowest BCUT2D eigenvalue weighted by Crippen LogP contribution is -2.42. The van der Waals surface area contributed by atoms with Gasteiger partial charge < -0.3 is 15.4 Å². The van der Waals surface area contributed by atoms with Crippen molar-refractivity contribution in [2.24, 2.45) is 0 Å². The zero-order valence-corrected chi connectivity index (χ0v) is 19.2. The molecule has 0 aliphatic heterocycles. The molecule has 0 aromatic heterocycles. The van der Waals surface area contributed by atoms with E-state index >= 15 is 0 Å². The fourth-order valence-electron chi connectivity index (χ4n) is 2.60. The first-order valence-corrected chi connectivity index (χ1v) is 12.0. The van der Waals surface area contributed by atoms with Gasteiger partial charge in [0.05, 0.1) is 11.5 Å². The van der Waals surface area contributed by atoms with Crippen molar-refractivity contribution in [2.45, 2.75) is 50.5 Å². The van der Waals surface area contributed by atoms with Crippen LogP contribution in [-0.4, -0.2) is 38.6 Å². The van der Waals surface area contributed by atoms with Gasteiger partial charge in [0.2, 0.25) is 5.91 Å². The molecule has 2 aromatic rings. The Labute approximate surface area is 184 Å². The van der Waals surface area contributed by atoms with Gasteiger partial charge >= 0.3 is 0 Å². The van der Waals surface area contributed by atoms with E-state index < -0.39 is 9.84 Å². The number of sulfone groups is 1. The van der Waals surface area contributed by atoms with Gasteiger partial charge in [0.15, 0.2) is 9.84 Å². The molecular formula is C23H30N2O5S. The van der Waals surface area contributed by atoms with Crippen molar-refractivity contribution in [2.75, 3.05) is 18.2 Å². The number of hydrogen-bond acceptors (Lipinski definition) is 5. The van der Waals surface area contributed by atoms with Gasteiger partial charge in [0, 0.05) is 29.5 Å². The summed E-state index contributed by atoms with van der Waals surface area (Å²) in [4.78, 5) is 24.6. The number of hydrogen-bond donors (Lipinski definition) is 2. The third-order valence-corrected chi connectivity index (χ3v) is 5.96. The molecule has 0 radical (unpaired) electrons. The molecule has 0 unspecified atom stereocenters. The van der Waals surface area contributed by atoms with Gasteiger partial charge in [0.25, 0.3) is 5.91 Å². The molecule has 2 aromatic carbocycles. The lowest BCUT2D eigenvalue weighted by molar-refractivity contribution is -0.116. The predicted molar refractivity (Wildman–Crippen MR) is 121 cm³/mol. The zero-order valence-electron chi connectivity index (χ0n) is 18.4. The topological polar surface area (TPSA) is 102 Å². The first-order chi connectivity index (χ1) is 14.5. The van der Waals surface area contributed by atoms with Crippen LogP contribution in [0.2, 0.25) is 0 Å². The summed E-state index contributed by atoms with van der Waals surface area (Å²) in [6, 6.07) is 12.9. The molecule has 0 saturated carbocycles. The molecular weight excluding hydrogens is 416 g/mol. The van der Waals surface area contributed by atoms with Crippen molar-refractivity contribution in [3.8, 4) is 5.75 Å². The Morgan fingerprint density at radius 3 is 2.16 bits per heavy atom. The second-order valence-electron chi connectivity index (χ2n) is 8.01. The Balaban J connectivity index is 1.75. The largest absolute Gasteiger partial charge is 0.494 e. The third-order valence-electron chi connectivity index (χ3n) is 4.84. The summed E-state index contributed by atoms with van der Waals surface area (Å²) >= 11 is 0. The highest BCUT2D eigenvalue weighted by molar-refractivity contribution is 7.90. The van der Waals surface area contributed by atoms with E-state index in [0.29, 0.717) is 30.0 Å². The molecule has 2 rings (SSSR count). The molecule has 0 saturated heterocycles. The molecule has 0 bridgehead atoms. The molecule has 8 heteroatoms. The van der Waals surface area contributed by atoms with Crippen molar-refractivity contribution in [1.29, 1.82) is 0 Å². The highest BCUT2D eigenvalue weighted by Crippen LogP contribution is 2.16. The first kappa shape index (κ1) is 24.4. The standard InChI is InChI=1S/C23H30N2O5S/c1-5-23(2,3)25-22(27)17-8-10-18(11-9-17)24-21(26)7-6-16-30-19-12-14-20(15-13-19)31(4,28)29/h8-15H,5-7,16H2,1-4H3,(H,24,26)(H,25,27). The SMILES string of the molecule is CCC(C)(C)NC(=O)c1ccc(NC(=O)CCCOc2ccc(S(C)(=O)=O)cc2)cc1. The number of anilines is 1. The van der Waals surface area contributed by atoms with Crippen molar-refractivity contribution in [3.05, 3.63) is 54.1 Å². The van der Waals surface area contributed by atoms with Gasteiger partial charge in [0.1, 0.15) is 5.75 Å². The van der Waals surface area contributed by atoms with Gasteiger partial charge in [-0.2, -0.15) is 0 Å². The van der Waals surface area contributed by atoms with E-state index in [2.05, 4.69) is 10.6 Å². The monoisotopic (exact) mass is 446 g/mol. The summed E-state index contributed by atoms with van der Waals surface area (Å²) in [5.41, 5.74) is 0.880. The second-order valence-corrected chi connectivity index (χ2v) is 10.0. The minimum Gasteiger partial charge on any atom is -0.494 e. The predicted octanol–water partition coefficient (Wildman–Crippen LogP) is 3.81.